The number of carbonyl (C=O) groups is 1. The highest BCUT2D eigenvalue weighted by molar-refractivity contribution is 7.18. The number of nitrogens with two attached hydrogens (primary N) is 1. The highest BCUT2D eigenvalue weighted by atomic mass is 35.5. The highest BCUT2D eigenvalue weighted by Gasteiger charge is 2.46. The summed E-state index contributed by atoms with van der Waals surface area (Å²) in [6, 6.07) is -0.702. The van der Waals surface area contributed by atoms with Gasteiger partial charge in [-0.25, -0.2) is 18.3 Å². The summed E-state index contributed by atoms with van der Waals surface area (Å²) in [7, 11) is 0. The molecule has 0 radical (unpaired) electrons. The first-order valence-electron chi connectivity index (χ1n) is 9.13. The largest absolute Gasteiger partial charge is 0.416 e. The molecule has 0 aromatic carbocycles. The van der Waals surface area contributed by atoms with E-state index in [1.54, 1.807) is 0 Å². The van der Waals surface area contributed by atoms with Gasteiger partial charge >= 0.3 is 6.18 Å². The zero-order valence-electron chi connectivity index (χ0n) is 15.6. The molecule has 3 aromatic rings. The van der Waals surface area contributed by atoms with Gasteiger partial charge in [-0.05, 0) is 25.0 Å². The summed E-state index contributed by atoms with van der Waals surface area (Å²) in [6.07, 6.45) is -1.95. The molecule has 31 heavy (non-hydrogen) atoms. The summed E-state index contributed by atoms with van der Waals surface area (Å²) in [5, 5.41) is 6.00. The summed E-state index contributed by atoms with van der Waals surface area (Å²) in [4.78, 5) is 16.6. The van der Waals surface area contributed by atoms with Crippen molar-refractivity contribution < 1.29 is 26.7 Å². The smallest absolute Gasteiger partial charge is 0.340 e. The standard InChI is InChI=1S/C18H15ClF5N5OS/c19-14-12(9-7-26-29-5-3-8(6-11(9)29)18(22,23)24)27-16(31-14)15(30)28-13-10(25)2-1-4-17(13,20)21/h3,5-7,10,13H,1-2,4,25H2,(H,28,30). The fraction of sp³-hybridized carbons (Fsp3) is 0.389. The van der Waals surface area contributed by atoms with Crippen molar-refractivity contribution in [2.24, 2.45) is 5.73 Å². The van der Waals surface area contributed by atoms with Crippen LogP contribution in [0.4, 0.5) is 22.0 Å². The average molecular weight is 480 g/mol. The van der Waals surface area contributed by atoms with Crippen LogP contribution in [0.15, 0.2) is 24.5 Å². The van der Waals surface area contributed by atoms with Gasteiger partial charge in [0.1, 0.15) is 16.1 Å². The molecule has 3 N–H and O–H groups in total. The number of pyridine rings is 1. The van der Waals surface area contributed by atoms with E-state index in [0.29, 0.717) is 6.42 Å². The number of amides is 1. The van der Waals surface area contributed by atoms with E-state index in [0.717, 1.165) is 29.7 Å². The molecule has 13 heteroatoms. The van der Waals surface area contributed by atoms with E-state index in [1.807, 2.05) is 0 Å². The number of carbonyl (C=O) groups excluding carboxylic acids is 1. The maximum absolute atomic E-state index is 14.2. The van der Waals surface area contributed by atoms with E-state index in [2.05, 4.69) is 15.4 Å². The molecule has 0 spiro atoms. The second-order valence-electron chi connectivity index (χ2n) is 7.21. The molecule has 166 valence electrons. The molecule has 0 aliphatic heterocycles. The normalized spacial score (nSPS) is 21.4. The van der Waals surface area contributed by atoms with Crippen LogP contribution in [-0.2, 0) is 6.18 Å². The van der Waals surface area contributed by atoms with Crippen molar-refractivity contribution in [1.82, 2.24) is 19.9 Å². The van der Waals surface area contributed by atoms with Gasteiger partial charge < -0.3 is 11.1 Å². The van der Waals surface area contributed by atoms with Crippen molar-refractivity contribution >= 4 is 34.4 Å². The first-order chi connectivity index (χ1) is 14.5. The molecule has 1 aliphatic carbocycles. The van der Waals surface area contributed by atoms with Crippen LogP contribution in [0.5, 0.6) is 0 Å². The van der Waals surface area contributed by atoms with E-state index < -0.39 is 35.7 Å². The molecule has 0 bridgehead atoms. The molecular formula is C18H15ClF5N5OS. The number of fused-ring (bicyclic) bond motifs is 1. The van der Waals surface area contributed by atoms with E-state index in [4.69, 9.17) is 17.3 Å². The van der Waals surface area contributed by atoms with Crippen LogP contribution in [-0.4, -0.2) is 38.5 Å². The molecule has 2 unspecified atom stereocenters. The first-order valence-corrected chi connectivity index (χ1v) is 10.3. The molecule has 1 aliphatic rings. The fourth-order valence-corrected chi connectivity index (χ4v) is 4.60. The van der Waals surface area contributed by atoms with Gasteiger partial charge in [0.15, 0.2) is 5.01 Å². The maximum atomic E-state index is 14.2. The lowest BCUT2D eigenvalue weighted by atomic mass is 9.87. The number of halogens is 6. The van der Waals surface area contributed by atoms with Crippen LogP contribution in [0.2, 0.25) is 4.34 Å². The topological polar surface area (TPSA) is 85.3 Å². The fourth-order valence-electron chi connectivity index (χ4n) is 3.53. The van der Waals surface area contributed by atoms with E-state index in [9.17, 15) is 26.7 Å². The van der Waals surface area contributed by atoms with Crippen LogP contribution in [0.25, 0.3) is 16.8 Å². The van der Waals surface area contributed by atoms with Crippen LogP contribution in [0, 0.1) is 0 Å². The summed E-state index contributed by atoms with van der Waals surface area (Å²) in [5.41, 5.74) is 5.16. The van der Waals surface area contributed by atoms with E-state index >= 15 is 0 Å². The Morgan fingerprint density at radius 1 is 1.39 bits per heavy atom. The minimum atomic E-state index is -4.57. The summed E-state index contributed by atoms with van der Waals surface area (Å²) < 4.78 is 68.8. The van der Waals surface area contributed by atoms with Crippen molar-refractivity contribution in [2.75, 3.05) is 0 Å². The van der Waals surface area contributed by atoms with Gasteiger partial charge in [0.25, 0.3) is 11.8 Å². The van der Waals surface area contributed by atoms with Gasteiger partial charge in [-0.15, -0.1) is 0 Å². The molecule has 0 saturated heterocycles. The zero-order chi connectivity index (χ0) is 22.6. The van der Waals surface area contributed by atoms with Crippen LogP contribution >= 0.6 is 22.9 Å². The highest BCUT2D eigenvalue weighted by Crippen LogP contribution is 2.38. The Morgan fingerprint density at radius 3 is 2.81 bits per heavy atom. The Labute approximate surface area is 181 Å². The molecule has 6 nitrogen and oxygen atoms in total. The Morgan fingerprint density at radius 2 is 2.13 bits per heavy atom. The lowest BCUT2D eigenvalue weighted by Gasteiger charge is -2.36. The van der Waals surface area contributed by atoms with Crippen LogP contribution in [0.1, 0.15) is 34.6 Å². The van der Waals surface area contributed by atoms with Crippen molar-refractivity contribution in [2.45, 2.75) is 43.4 Å². The van der Waals surface area contributed by atoms with Crippen molar-refractivity contribution in [3.8, 4) is 11.3 Å². The third-order valence-corrected chi connectivity index (χ3v) is 6.35. The number of aromatic nitrogens is 3. The Bertz CT molecular complexity index is 1140. The third-order valence-electron chi connectivity index (χ3n) is 5.10. The molecule has 2 atom stereocenters. The van der Waals surface area contributed by atoms with Crippen molar-refractivity contribution in [3.05, 3.63) is 39.4 Å². The summed E-state index contributed by atoms with van der Waals surface area (Å²) in [6.45, 7) is 0. The number of hydrogen-bond acceptors (Lipinski definition) is 5. The molecule has 3 aromatic heterocycles. The predicted octanol–water partition coefficient (Wildman–Crippen LogP) is 4.37. The minimum Gasteiger partial charge on any atom is -0.340 e. The number of nitrogens with zero attached hydrogens (tertiary/aromatic N) is 3. The third kappa shape index (κ3) is 4.11. The SMILES string of the molecule is NC1CCCC(F)(F)C1NC(=O)c1nc(-c2cnn3ccc(C(F)(F)F)cc23)c(Cl)s1. The predicted molar refractivity (Wildman–Crippen MR) is 104 cm³/mol. The number of nitrogens with one attached hydrogen (secondary N) is 1. The van der Waals surface area contributed by atoms with Crippen molar-refractivity contribution in [1.29, 1.82) is 0 Å². The van der Waals surface area contributed by atoms with Gasteiger partial charge in [-0.3, -0.25) is 4.79 Å². The second-order valence-corrected chi connectivity index (χ2v) is 8.81. The number of rotatable bonds is 3. The van der Waals surface area contributed by atoms with E-state index in [1.165, 1.54) is 10.7 Å². The maximum Gasteiger partial charge on any atom is 0.416 e. The van der Waals surface area contributed by atoms with E-state index in [-0.39, 0.29) is 39.0 Å². The van der Waals surface area contributed by atoms with Crippen LogP contribution in [0.3, 0.4) is 0 Å². The molecule has 1 saturated carbocycles. The van der Waals surface area contributed by atoms with Gasteiger partial charge in [-0.2, -0.15) is 18.3 Å². The van der Waals surface area contributed by atoms with Crippen molar-refractivity contribution in [3.63, 3.8) is 0 Å². The quantitative estimate of drug-likeness (QED) is 0.546. The first kappa shape index (κ1) is 21.9. The number of hydrogen-bond donors (Lipinski definition) is 2. The monoisotopic (exact) mass is 479 g/mol. The zero-order valence-corrected chi connectivity index (χ0v) is 17.2. The molecule has 1 fully saturated rings. The Balaban J connectivity index is 1.66. The lowest BCUT2D eigenvalue weighted by molar-refractivity contribution is -0.137. The minimum absolute atomic E-state index is 0.0113. The molecule has 4 rings (SSSR count). The molecule has 3 heterocycles. The van der Waals surface area contributed by atoms with Crippen LogP contribution < -0.4 is 11.1 Å². The van der Waals surface area contributed by atoms with Gasteiger partial charge in [0.2, 0.25) is 0 Å². The van der Waals surface area contributed by atoms with Gasteiger partial charge in [0, 0.05) is 24.2 Å². The van der Waals surface area contributed by atoms with Gasteiger partial charge in [0.05, 0.1) is 17.3 Å². The summed E-state index contributed by atoms with van der Waals surface area (Å²) in [5.74, 6) is -4.04. The molecular weight excluding hydrogens is 465 g/mol. The number of alkyl halides is 5. The van der Waals surface area contributed by atoms with Gasteiger partial charge in [-0.1, -0.05) is 22.9 Å². The number of thiazole rings is 1. The molecule has 1 amide bonds. The average Bonchev–Trinajstić information content (AvgIpc) is 3.26. The summed E-state index contributed by atoms with van der Waals surface area (Å²) >= 11 is 6.91. The Hall–Kier alpha value is -2.31. The lowest BCUT2D eigenvalue weighted by Crippen LogP contribution is -2.59. The second kappa shape index (κ2) is 7.68. The Kier molecular flexibility index (Phi) is 5.42.